The van der Waals surface area contributed by atoms with Crippen molar-refractivity contribution >= 4 is 23.2 Å². The van der Waals surface area contributed by atoms with Crippen molar-refractivity contribution in [3.05, 3.63) is 29.8 Å². The summed E-state index contributed by atoms with van der Waals surface area (Å²) >= 11 is -1.26. The number of hydrogen-bond acceptors (Lipinski definition) is 4. The highest BCUT2D eigenvalue weighted by Crippen LogP contribution is 2.27. The Morgan fingerprint density at radius 2 is 2.11 bits per heavy atom. The number of hydrogen-bond donors (Lipinski definition) is 1. The number of carbonyl (C=O) groups is 2. The van der Waals surface area contributed by atoms with E-state index in [0.29, 0.717) is 30.4 Å². The molecule has 3 atom stereocenters. The predicted molar refractivity (Wildman–Crippen MR) is 73.2 cm³/mol. The highest BCUT2D eigenvalue weighted by Gasteiger charge is 2.35. The minimum absolute atomic E-state index is 0.102. The summed E-state index contributed by atoms with van der Waals surface area (Å²) in [5, 5.41) is -0.344. The quantitative estimate of drug-likeness (QED) is 0.643. The second-order valence-corrected chi connectivity index (χ2v) is 6.43. The van der Waals surface area contributed by atoms with Gasteiger partial charge in [0.15, 0.2) is 15.9 Å². The predicted octanol–water partition coefficient (Wildman–Crippen LogP) is 0.984. The molecule has 1 aromatic carbocycles. The van der Waals surface area contributed by atoms with E-state index in [1.165, 1.54) is 0 Å². The molecule has 0 aromatic heterocycles. The van der Waals surface area contributed by atoms with E-state index in [4.69, 9.17) is 5.73 Å². The van der Waals surface area contributed by atoms with Crippen molar-refractivity contribution in [1.82, 2.24) is 0 Å². The van der Waals surface area contributed by atoms with Crippen molar-refractivity contribution < 1.29 is 14.1 Å². The third-order valence-corrected chi connectivity index (χ3v) is 5.06. The van der Waals surface area contributed by atoms with Crippen LogP contribution in [-0.2, 0) is 27.2 Å². The molecule has 102 valence electrons. The van der Waals surface area contributed by atoms with Crippen molar-refractivity contribution in [2.24, 2.45) is 5.73 Å². The van der Waals surface area contributed by atoms with Crippen LogP contribution in [0.1, 0.15) is 24.8 Å². The summed E-state index contributed by atoms with van der Waals surface area (Å²) in [6.07, 6.45) is 3.27. The van der Waals surface area contributed by atoms with E-state index in [1.807, 2.05) is 12.1 Å². The molecule has 3 unspecified atom stereocenters. The molecular weight excluding hydrogens is 262 g/mol. The molecular formula is C14H17NO3S. The van der Waals surface area contributed by atoms with Gasteiger partial charge < -0.3 is 15.1 Å². The van der Waals surface area contributed by atoms with Gasteiger partial charge in [-0.2, -0.15) is 0 Å². The number of benzene rings is 1. The Balaban J connectivity index is 2.05. The molecule has 5 heteroatoms. The van der Waals surface area contributed by atoms with Gasteiger partial charge in [0.05, 0.1) is 6.04 Å². The molecule has 0 radical (unpaired) electrons. The molecule has 2 rings (SSSR count). The molecule has 0 amide bonds. The van der Waals surface area contributed by atoms with Crippen LogP contribution in [-0.4, -0.2) is 27.9 Å². The van der Waals surface area contributed by atoms with E-state index in [1.54, 1.807) is 12.1 Å². The van der Waals surface area contributed by atoms with E-state index in [2.05, 4.69) is 0 Å². The molecule has 0 saturated heterocycles. The maximum Gasteiger partial charge on any atom is 0.185 e. The molecule has 2 N–H and O–H groups in total. The largest absolute Gasteiger partial charge is 0.611 e. The van der Waals surface area contributed by atoms with E-state index in [-0.39, 0.29) is 11.0 Å². The maximum absolute atomic E-state index is 12.3. The van der Waals surface area contributed by atoms with Crippen LogP contribution in [0.5, 0.6) is 0 Å². The molecule has 0 spiro atoms. The van der Waals surface area contributed by atoms with Crippen LogP contribution in [0.15, 0.2) is 29.2 Å². The van der Waals surface area contributed by atoms with Gasteiger partial charge in [-0.1, -0.05) is 12.1 Å². The Morgan fingerprint density at radius 1 is 1.42 bits per heavy atom. The number of aldehydes is 1. The van der Waals surface area contributed by atoms with Crippen LogP contribution in [0.2, 0.25) is 0 Å². The van der Waals surface area contributed by atoms with Crippen molar-refractivity contribution in [3.8, 4) is 0 Å². The minimum atomic E-state index is -1.26. The van der Waals surface area contributed by atoms with Gasteiger partial charge in [-0.15, -0.1) is 0 Å². The summed E-state index contributed by atoms with van der Waals surface area (Å²) in [5.41, 5.74) is 6.48. The van der Waals surface area contributed by atoms with Crippen LogP contribution in [0.25, 0.3) is 0 Å². The molecule has 1 saturated carbocycles. The van der Waals surface area contributed by atoms with Crippen molar-refractivity contribution in [2.45, 2.75) is 41.9 Å². The Morgan fingerprint density at radius 3 is 2.63 bits per heavy atom. The summed E-state index contributed by atoms with van der Waals surface area (Å²) in [4.78, 5) is 22.7. The van der Waals surface area contributed by atoms with Gasteiger partial charge in [0, 0.05) is 12.8 Å². The fraction of sp³-hybridized carbons (Fsp3) is 0.429. The van der Waals surface area contributed by atoms with Crippen LogP contribution >= 0.6 is 0 Å². The summed E-state index contributed by atoms with van der Waals surface area (Å²) in [5.74, 6) is 0.102. The molecule has 1 aliphatic carbocycles. The van der Waals surface area contributed by atoms with Crippen LogP contribution in [0.4, 0.5) is 0 Å². The highest BCUT2D eigenvalue weighted by atomic mass is 32.2. The lowest BCUT2D eigenvalue weighted by Gasteiger charge is -2.16. The average Bonchev–Trinajstić information content (AvgIpc) is 2.85. The smallest absolute Gasteiger partial charge is 0.185 e. The second-order valence-electron chi connectivity index (χ2n) is 4.79. The third-order valence-electron chi connectivity index (χ3n) is 3.31. The standard InChI is InChI=1S/C14H17NO3S/c15-11(9-16)8-10-4-6-12(7-5-10)19(18)14-3-1-2-13(14)17/h4-7,9,11,14H,1-3,8,15H2. The third kappa shape index (κ3) is 3.43. The van der Waals surface area contributed by atoms with Gasteiger partial charge in [0.2, 0.25) is 0 Å². The van der Waals surface area contributed by atoms with E-state index in [9.17, 15) is 14.1 Å². The summed E-state index contributed by atoms with van der Waals surface area (Å²) in [6.45, 7) is 0. The molecule has 0 heterocycles. The van der Waals surface area contributed by atoms with Gasteiger partial charge in [-0.3, -0.25) is 4.79 Å². The van der Waals surface area contributed by atoms with E-state index < -0.39 is 17.2 Å². The van der Waals surface area contributed by atoms with Crippen molar-refractivity contribution in [3.63, 3.8) is 0 Å². The number of carbonyl (C=O) groups excluding carboxylic acids is 2. The van der Waals surface area contributed by atoms with Gasteiger partial charge in [0.1, 0.15) is 6.29 Å². The summed E-state index contributed by atoms with van der Waals surface area (Å²) < 4.78 is 12.3. The highest BCUT2D eigenvalue weighted by molar-refractivity contribution is 7.92. The Kier molecular flexibility index (Phi) is 4.74. The fourth-order valence-electron chi connectivity index (χ4n) is 2.25. The normalized spacial score (nSPS) is 22.2. The van der Waals surface area contributed by atoms with E-state index in [0.717, 1.165) is 12.0 Å². The Bertz CT molecular complexity index is 460. The molecule has 1 aliphatic rings. The summed E-state index contributed by atoms with van der Waals surface area (Å²) in [6, 6.07) is 6.64. The average molecular weight is 279 g/mol. The monoisotopic (exact) mass is 279 g/mol. The molecule has 4 nitrogen and oxygen atoms in total. The Labute approximate surface area is 115 Å². The first-order chi connectivity index (χ1) is 9.11. The lowest BCUT2D eigenvalue weighted by Crippen LogP contribution is -2.26. The summed E-state index contributed by atoms with van der Waals surface area (Å²) in [7, 11) is 0. The van der Waals surface area contributed by atoms with Crippen molar-refractivity contribution in [1.29, 1.82) is 0 Å². The fourth-order valence-corrected chi connectivity index (χ4v) is 3.72. The van der Waals surface area contributed by atoms with Gasteiger partial charge in [-0.25, -0.2) is 0 Å². The van der Waals surface area contributed by atoms with Gasteiger partial charge in [-0.05, 0) is 41.7 Å². The first-order valence-electron chi connectivity index (χ1n) is 6.35. The van der Waals surface area contributed by atoms with Crippen LogP contribution in [0, 0.1) is 0 Å². The first-order valence-corrected chi connectivity index (χ1v) is 7.56. The Hall–Kier alpha value is -1.17. The second kappa shape index (κ2) is 6.32. The minimum Gasteiger partial charge on any atom is -0.611 e. The van der Waals surface area contributed by atoms with Crippen molar-refractivity contribution in [2.75, 3.05) is 0 Å². The SMILES string of the molecule is NC(C=O)Cc1ccc([S+]([O-])C2CCCC2=O)cc1. The topological polar surface area (TPSA) is 83.2 Å². The van der Waals surface area contributed by atoms with Gasteiger partial charge >= 0.3 is 0 Å². The molecule has 0 aliphatic heterocycles. The zero-order chi connectivity index (χ0) is 13.8. The number of rotatable bonds is 5. The van der Waals surface area contributed by atoms with Crippen LogP contribution in [0.3, 0.4) is 0 Å². The van der Waals surface area contributed by atoms with E-state index >= 15 is 0 Å². The van der Waals surface area contributed by atoms with Gasteiger partial charge in [0.25, 0.3) is 0 Å². The maximum atomic E-state index is 12.3. The number of Topliss-reactive ketones (excluding diaryl/α,β-unsaturated/α-hetero) is 1. The number of ketones is 1. The number of nitrogens with two attached hydrogens (primary N) is 1. The lowest BCUT2D eigenvalue weighted by atomic mass is 10.1. The molecule has 19 heavy (non-hydrogen) atoms. The lowest BCUT2D eigenvalue weighted by molar-refractivity contribution is -0.117. The zero-order valence-electron chi connectivity index (χ0n) is 10.6. The zero-order valence-corrected chi connectivity index (χ0v) is 11.4. The molecule has 0 bridgehead atoms. The molecule has 1 fully saturated rings. The van der Waals surface area contributed by atoms with Crippen LogP contribution < -0.4 is 5.73 Å². The molecule has 1 aromatic rings. The first kappa shape index (κ1) is 14.2.